The molecule has 3 N–H and O–H groups in total. The van der Waals surface area contributed by atoms with Crippen LogP contribution in [-0.2, 0) is 16.6 Å². The Labute approximate surface area is 159 Å². The number of hydrogen-bond donors (Lipinski definition) is 3. The first kappa shape index (κ1) is 22.5. The number of aromatic nitrogens is 1. The zero-order chi connectivity index (χ0) is 16.6. The van der Waals surface area contributed by atoms with E-state index in [1.54, 1.807) is 11.3 Å². The molecular formula is C13H26IN5O2S2. The van der Waals surface area contributed by atoms with Crippen molar-refractivity contribution >= 4 is 51.3 Å². The molecule has 10 heteroatoms. The normalized spacial score (nSPS) is 12.1. The Balaban J connectivity index is 0.00000484. The molecule has 0 saturated heterocycles. The number of sulfonamides is 1. The molecule has 1 aromatic heterocycles. The van der Waals surface area contributed by atoms with Crippen LogP contribution in [0.3, 0.4) is 0 Å². The summed E-state index contributed by atoms with van der Waals surface area (Å²) < 4.78 is 24.4. The van der Waals surface area contributed by atoms with Crippen molar-refractivity contribution in [1.29, 1.82) is 0 Å². The standard InChI is InChI=1S/C13H25N5O2S2.HI/c1-5-14-13(15-6-7-17-22(4,19)20)16-8-12-18-11(9-21-12)10(2)3;/h9-10,17H,5-8H2,1-4H3,(H2,14,15,16);1H. The molecule has 0 radical (unpaired) electrons. The van der Waals surface area contributed by atoms with Crippen molar-refractivity contribution in [3.8, 4) is 0 Å². The van der Waals surface area contributed by atoms with Crippen molar-refractivity contribution in [2.45, 2.75) is 33.2 Å². The van der Waals surface area contributed by atoms with Crippen molar-refractivity contribution in [2.24, 2.45) is 4.99 Å². The molecule has 1 heterocycles. The van der Waals surface area contributed by atoms with E-state index in [1.165, 1.54) is 0 Å². The molecule has 0 atom stereocenters. The lowest BCUT2D eigenvalue weighted by Gasteiger charge is -2.10. The summed E-state index contributed by atoms with van der Waals surface area (Å²) in [6.45, 7) is 8.23. The van der Waals surface area contributed by atoms with E-state index in [2.05, 4.69) is 44.6 Å². The zero-order valence-corrected chi connectivity index (χ0v) is 17.9. The van der Waals surface area contributed by atoms with Crippen LogP contribution in [0, 0.1) is 0 Å². The van der Waals surface area contributed by atoms with E-state index in [0.717, 1.165) is 23.5 Å². The topological polar surface area (TPSA) is 95.5 Å². The Bertz CT molecular complexity index is 587. The van der Waals surface area contributed by atoms with Gasteiger partial charge in [-0.05, 0) is 12.8 Å². The first-order valence-electron chi connectivity index (χ1n) is 7.23. The predicted molar refractivity (Wildman–Crippen MR) is 107 cm³/mol. The first-order valence-corrected chi connectivity index (χ1v) is 10.00. The number of halogens is 1. The second-order valence-corrected chi connectivity index (χ2v) is 7.88. The van der Waals surface area contributed by atoms with E-state index in [1.807, 2.05) is 6.92 Å². The van der Waals surface area contributed by atoms with E-state index in [-0.39, 0.29) is 24.0 Å². The van der Waals surface area contributed by atoms with E-state index in [4.69, 9.17) is 0 Å². The van der Waals surface area contributed by atoms with Gasteiger partial charge in [-0.25, -0.2) is 23.1 Å². The maximum Gasteiger partial charge on any atom is 0.208 e. The Hall–Kier alpha value is -0.460. The molecule has 0 saturated carbocycles. The summed E-state index contributed by atoms with van der Waals surface area (Å²) in [5, 5.41) is 9.23. The average molecular weight is 475 g/mol. The van der Waals surface area contributed by atoms with E-state index < -0.39 is 10.0 Å². The molecule has 0 unspecified atom stereocenters. The number of nitrogens with zero attached hydrogens (tertiary/aromatic N) is 2. The van der Waals surface area contributed by atoms with Gasteiger partial charge in [-0.1, -0.05) is 13.8 Å². The molecular weight excluding hydrogens is 449 g/mol. The lowest BCUT2D eigenvalue weighted by molar-refractivity contribution is 0.586. The van der Waals surface area contributed by atoms with Crippen LogP contribution in [0.25, 0.3) is 0 Å². The first-order chi connectivity index (χ1) is 10.3. The molecule has 0 aliphatic carbocycles. The highest BCUT2D eigenvalue weighted by Gasteiger charge is 2.06. The van der Waals surface area contributed by atoms with Gasteiger partial charge in [0.25, 0.3) is 0 Å². The summed E-state index contributed by atoms with van der Waals surface area (Å²) in [5.41, 5.74) is 1.09. The minimum absolute atomic E-state index is 0. The summed E-state index contributed by atoms with van der Waals surface area (Å²) in [6, 6.07) is 0. The van der Waals surface area contributed by atoms with Crippen LogP contribution in [0.2, 0.25) is 0 Å². The Morgan fingerprint density at radius 3 is 2.57 bits per heavy atom. The maximum atomic E-state index is 11.0. The SMILES string of the molecule is CCNC(=NCc1nc(C(C)C)cs1)NCCNS(C)(=O)=O.I. The van der Waals surface area contributed by atoms with Crippen LogP contribution in [0.4, 0.5) is 0 Å². The van der Waals surface area contributed by atoms with Gasteiger partial charge in [0.1, 0.15) is 5.01 Å². The van der Waals surface area contributed by atoms with Gasteiger partial charge in [-0.2, -0.15) is 0 Å². The highest BCUT2D eigenvalue weighted by molar-refractivity contribution is 14.0. The summed E-state index contributed by atoms with van der Waals surface area (Å²) in [4.78, 5) is 8.99. The van der Waals surface area contributed by atoms with Crippen LogP contribution in [-0.4, -0.2) is 45.3 Å². The highest BCUT2D eigenvalue weighted by atomic mass is 127. The second kappa shape index (κ2) is 11.2. The minimum atomic E-state index is -3.15. The number of guanidine groups is 1. The minimum Gasteiger partial charge on any atom is -0.357 e. The summed E-state index contributed by atoms with van der Waals surface area (Å²) in [7, 11) is -3.15. The Morgan fingerprint density at radius 2 is 2.04 bits per heavy atom. The summed E-state index contributed by atoms with van der Waals surface area (Å²) in [6.07, 6.45) is 1.14. The van der Waals surface area contributed by atoms with Crippen LogP contribution >= 0.6 is 35.3 Å². The molecule has 0 aromatic carbocycles. The largest absolute Gasteiger partial charge is 0.357 e. The number of hydrogen-bond acceptors (Lipinski definition) is 5. The molecule has 1 aromatic rings. The Kier molecular flexibility index (Phi) is 10.9. The monoisotopic (exact) mass is 475 g/mol. The molecule has 0 aliphatic heterocycles. The molecule has 0 bridgehead atoms. The smallest absolute Gasteiger partial charge is 0.208 e. The third-order valence-electron chi connectivity index (χ3n) is 2.66. The lowest BCUT2D eigenvalue weighted by Crippen LogP contribution is -2.41. The van der Waals surface area contributed by atoms with Crippen LogP contribution in [0.1, 0.15) is 37.4 Å². The van der Waals surface area contributed by atoms with E-state index in [0.29, 0.717) is 31.5 Å². The van der Waals surface area contributed by atoms with Crippen molar-refractivity contribution in [3.05, 3.63) is 16.1 Å². The van der Waals surface area contributed by atoms with E-state index >= 15 is 0 Å². The zero-order valence-electron chi connectivity index (χ0n) is 13.9. The van der Waals surface area contributed by atoms with E-state index in [9.17, 15) is 8.42 Å². The molecule has 7 nitrogen and oxygen atoms in total. The fourth-order valence-corrected chi connectivity index (χ4v) is 2.92. The van der Waals surface area contributed by atoms with Crippen molar-refractivity contribution < 1.29 is 8.42 Å². The molecule has 0 aliphatic rings. The second-order valence-electron chi connectivity index (χ2n) is 5.11. The quantitative estimate of drug-likeness (QED) is 0.229. The van der Waals surface area contributed by atoms with Gasteiger partial charge in [0.15, 0.2) is 5.96 Å². The summed E-state index contributed by atoms with van der Waals surface area (Å²) in [5.74, 6) is 1.07. The van der Waals surface area contributed by atoms with Gasteiger partial charge < -0.3 is 10.6 Å². The molecule has 134 valence electrons. The van der Waals surface area contributed by atoms with Crippen LogP contribution in [0.5, 0.6) is 0 Å². The number of thiazole rings is 1. The fourth-order valence-electron chi connectivity index (χ4n) is 1.57. The predicted octanol–water partition coefficient (Wildman–Crippen LogP) is 1.49. The molecule has 1 rings (SSSR count). The van der Waals surface area contributed by atoms with Crippen molar-refractivity contribution in [3.63, 3.8) is 0 Å². The van der Waals surface area contributed by atoms with Gasteiger partial charge in [0.2, 0.25) is 10.0 Å². The van der Waals surface area contributed by atoms with Gasteiger partial charge in [-0.15, -0.1) is 35.3 Å². The van der Waals surface area contributed by atoms with Gasteiger partial charge in [-0.3, -0.25) is 0 Å². The maximum absolute atomic E-state index is 11.0. The van der Waals surface area contributed by atoms with Gasteiger partial charge in [0.05, 0.1) is 18.5 Å². The lowest BCUT2D eigenvalue weighted by atomic mass is 10.2. The van der Waals surface area contributed by atoms with Gasteiger partial charge >= 0.3 is 0 Å². The average Bonchev–Trinajstić information content (AvgIpc) is 2.88. The molecule has 23 heavy (non-hydrogen) atoms. The number of nitrogens with one attached hydrogen (secondary N) is 3. The number of aliphatic imine (C=N–C) groups is 1. The summed E-state index contributed by atoms with van der Waals surface area (Å²) >= 11 is 1.60. The van der Waals surface area contributed by atoms with Gasteiger partial charge in [0, 0.05) is 25.0 Å². The molecule has 0 fully saturated rings. The molecule has 0 amide bonds. The third-order valence-corrected chi connectivity index (χ3v) is 4.24. The van der Waals surface area contributed by atoms with Crippen molar-refractivity contribution in [2.75, 3.05) is 25.9 Å². The Morgan fingerprint density at radius 1 is 1.35 bits per heavy atom. The highest BCUT2D eigenvalue weighted by Crippen LogP contribution is 2.18. The van der Waals surface area contributed by atoms with Crippen molar-refractivity contribution in [1.82, 2.24) is 20.3 Å². The third kappa shape index (κ3) is 10.1. The van der Waals surface area contributed by atoms with Crippen LogP contribution < -0.4 is 15.4 Å². The number of rotatable bonds is 8. The fraction of sp³-hybridized carbons (Fsp3) is 0.692. The van der Waals surface area contributed by atoms with Crippen LogP contribution in [0.15, 0.2) is 10.4 Å². The molecule has 0 spiro atoms.